The molecule has 0 radical (unpaired) electrons. The monoisotopic (exact) mass is 348 g/mol. The molecule has 0 aliphatic carbocycles. The van der Waals surface area contributed by atoms with Crippen molar-refractivity contribution >= 4 is 23.5 Å². The molecule has 0 fully saturated rings. The first-order valence-electron chi connectivity index (χ1n) is 7.82. The van der Waals surface area contributed by atoms with Crippen molar-refractivity contribution in [2.75, 3.05) is 11.5 Å². The molecule has 23 heavy (non-hydrogen) atoms. The Morgan fingerprint density at radius 1 is 0.696 bits per heavy atom. The van der Waals surface area contributed by atoms with Gasteiger partial charge in [0.25, 0.3) is 0 Å². The SMILES string of the molecule is CC(O)CSc1ccc(Cc2ccc(SCC(C)O)cc2)cc1. The Morgan fingerprint density at radius 3 is 1.35 bits per heavy atom. The third-order valence-corrected chi connectivity index (χ3v) is 5.75. The van der Waals surface area contributed by atoms with Crippen molar-refractivity contribution in [1.82, 2.24) is 0 Å². The quantitative estimate of drug-likeness (QED) is 0.701. The highest BCUT2D eigenvalue weighted by Gasteiger charge is 2.02. The van der Waals surface area contributed by atoms with Gasteiger partial charge >= 0.3 is 0 Å². The predicted octanol–water partition coefficient (Wildman–Crippen LogP) is 4.22. The van der Waals surface area contributed by atoms with Gasteiger partial charge in [-0.25, -0.2) is 0 Å². The van der Waals surface area contributed by atoms with Crippen molar-refractivity contribution in [3.05, 3.63) is 59.7 Å². The van der Waals surface area contributed by atoms with E-state index in [-0.39, 0.29) is 12.2 Å². The lowest BCUT2D eigenvalue weighted by atomic mass is 10.1. The third kappa shape index (κ3) is 7.00. The Balaban J connectivity index is 1.88. The maximum absolute atomic E-state index is 9.32. The van der Waals surface area contributed by atoms with Crippen molar-refractivity contribution < 1.29 is 10.2 Å². The van der Waals surface area contributed by atoms with Crippen LogP contribution in [0.15, 0.2) is 58.3 Å². The van der Waals surface area contributed by atoms with Crippen molar-refractivity contribution in [3.63, 3.8) is 0 Å². The van der Waals surface area contributed by atoms with Crippen LogP contribution in [0, 0.1) is 0 Å². The lowest BCUT2D eigenvalue weighted by Gasteiger charge is -2.07. The van der Waals surface area contributed by atoms with Gasteiger partial charge in [0.2, 0.25) is 0 Å². The van der Waals surface area contributed by atoms with Gasteiger partial charge in [0.1, 0.15) is 0 Å². The molecule has 2 atom stereocenters. The molecule has 2 aromatic rings. The molecule has 0 spiro atoms. The van der Waals surface area contributed by atoms with Gasteiger partial charge in [0, 0.05) is 21.3 Å². The minimum atomic E-state index is -0.273. The summed E-state index contributed by atoms with van der Waals surface area (Å²) in [6.45, 7) is 3.62. The van der Waals surface area contributed by atoms with Crippen LogP contribution in [0.2, 0.25) is 0 Å². The maximum atomic E-state index is 9.32. The number of rotatable bonds is 8. The molecule has 2 aromatic carbocycles. The van der Waals surface area contributed by atoms with Crippen LogP contribution in [0.3, 0.4) is 0 Å². The van der Waals surface area contributed by atoms with Crippen LogP contribution < -0.4 is 0 Å². The number of aliphatic hydroxyl groups is 2. The molecular weight excluding hydrogens is 324 g/mol. The fourth-order valence-corrected chi connectivity index (χ4v) is 3.60. The van der Waals surface area contributed by atoms with Crippen LogP contribution in [0.25, 0.3) is 0 Å². The Morgan fingerprint density at radius 2 is 1.04 bits per heavy atom. The molecule has 0 aliphatic rings. The molecule has 0 saturated heterocycles. The summed E-state index contributed by atoms with van der Waals surface area (Å²) in [4.78, 5) is 2.39. The Labute approximate surface area is 147 Å². The van der Waals surface area contributed by atoms with Gasteiger partial charge in [-0.1, -0.05) is 24.3 Å². The Hall–Kier alpha value is -0.940. The van der Waals surface area contributed by atoms with E-state index in [1.165, 1.54) is 20.9 Å². The number of thioether (sulfide) groups is 2. The average Bonchev–Trinajstić information content (AvgIpc) is 2.53. The van der Waals surface area contributed by atoms with Crippen molar-refractivity contribution in [2.45, 2.75) is 42.3 Å². The number of aliphatic hydroxyl groups excluding tert-OH is 2. The topological polar surface area (TPSA) is 40.5 Å². The molecule has 0 heterocycles. The van der Waals surface area contributed by atoms with E-state index in [0.29, 0.717) is 0 Å². The molecule has 0 amide bonds. The minimum Gasteiger partial charge on any atom is -0.393 e. The van der Waals surface area contributed by atoms with Gasteiger partial charge in [0.15, 0.2) is 0 Å². The molecule has 0 saturated carbocycles. The normalized spacial score (nSPS) is 13.7. The molecule has 2 rings (SSSR count). The number of hydrogen-bond acceptors (Lipinski definition) is 4. The Kier molecular flexibility index (Phi) is 7.50. The van der Waals surface area contributed by atoms with Gasteiger partial charge in [0.05, 0.1) is 12.2 Å². The fourth-order valence-electron chi connectivity index (χ4n) is 2.08. The number of hydrogen-bond donors (Lipinski definition) is 2. The van der Waals surface area contributed by atoms with E-state index in [2.05, 4.69) is 48.5 Å². The third-order valence-electron chi connectivity index (χ3n) is 3.24. The standard InChI is InChI=1S/C19H24O2S2/c1-14(20)12-22-18-7-3-16(4-8-18)11-17-5-9-19(10-6-17)23-13-15(2)21/h3-10,14-15,20-21H,11-13H2,1-2H3. The highest BCUT2D eigenvalue weighted by Crippen LogP contribution is 2.22. The molecule has 0 bridgehead atoms. The summed E-state index contributed by atoms with van der Waals surface area (Å²) in [6.07, 6.45) is 0.373. The molecule has 4 heteroatoms. The summed E-state index contributed by atoms with van der Waals surface area (Å²) >= 11 is 3.36. The fraction of sp³-hybridized carbons (Fsp3) is 0.368. The first-order chi connectivity index (χ1) is 11.0. The largest absolute Gasteiger partial charge is 0.393 e. The molecule has 0 aromatic heterocycles. The van der Waals surface area contributed by atoms with Crippen LogP contribution in [0.1, 0.15) is 25.0 Å². The zero-order valence-electron chi connectivity index (χ0n) is 13.6. The minimum absolute atomic E-state index is 0.273. The van der Waals surface area contributed by atoms with Crippen molar-refractivity contribution in [3.8, 4) is 0 Å². The molecular formula is C19H24O2S2. The first kappa shape index (κ1) is 18.4. The molecule has 2 N–H and O–H groups in total. The van der Waals surface area contributed by atoms with Crippen LogP contribution >= 0.6 is 23.5 Å². The van der Waals surface area contributed by atoms with E-state index in [0.717, 1.165) is 17.9 Å². The highest BCUT2D eigenvalue weighted by atomic mass is 32.2. The van der Waals surface area contributed by atoms with Crippen LogP contribution in [0.5, 0.6) is 0 Å². The zero-order valence-corrected chi connectivity index (χ0v) is 15.2. The van der Waals surface area contributed by atoms with Crippen LogP contribution in [-0.4, -0.2) is 33.9 Å². The van der Waals surface area contributed by atoms with E-state index < -0.39 is 0 Å². The second-order valence-corrected chi connectivity index (χ2v) is 7.97. The van der Waals surface area contributed by atoms with E-state index in [1.807, 2.05) is 13.8 Å². The summed E-state index contributed by atoms with van der Waals surface area (Å²) in [5, 5.41) is 18.6. The molecule has 2 nitrogen and oxygen atoms in total. The lowest BCUT2D eigenvalue weighted by molar-refractivity contribution is 0.220. The smallest absolute Gasteiger partial charge is 0.0606 e. The van der Waals surface area contributed by atoms with Crippen molar-refractivity contribution in [2.24, 2.45) is 0 Å². The van der Waals surface area contributed by atoms with Gasteiger partial charge in [-0.2, -0.15) is 0 Å². The molecule has 0 aliphatic heterocycles. The molecule has 124 valence electrons. The van der Waals surface area contributed by atoms with Gasteiger partial charge in [-0.05, 0) is 55.7 Å². The van der Waals surface area contributed by atoms with E-state index >= 15 is 0 Å². The second kappa shape index (κ2) is 9.38. The number of benzene rings is 2. The zero-order chi connectivity index (χ0) is 16.7. The summed E-state index contributed by atoms with van der Waals surface area (Å²) in [7, 11) is 0. The average molecular weight is 349 g/mol. The highest BCUT2D eigenvalue weighted by molar-refractivity contribution is 7.99. The Bertz CT molecular complexity index is 524. The van der Waals surface area contributed by atoms with Crippen molar-refractivity contribution in [1.29, 1.82) is 0 Å². The van der Waals surface area contributed by atoms with E-state index in [9.17, 15) is 10.2 Å². The predicted molar refractivity (Wildman–Crippen MR) is 100 cm³/mol. The van der Waals surface area contributed by atoms with Gasteiger partial charge in [-0.3, -0.25) is 0 Å². The summed E-state index contributed by atoms with van der Waals surface area (Å²) in [5.41, 5.74) is 2.58. The van der Waals surface area contributed by atoms with Gasteiger partial charge < -0.3 is 10.2 Å². The maximum Gasteiger partial charge on any atom is 0.0606 e. The molecule has 2 unspecified atom stereocenters. The summed E-state index contributed by atoms with van der Waals surface area (Å²) in [5.74, 6) is 1.45. The summed E-state index contributed by atoms with van der Waals surface area (Å²) < 4.78 is 0. The van der Waals surface area contributed by atoms with E-state index in [4.69, 9.17) is 0 Å². The second-order valence-electron chi connectivity index (χ2n) is 5.78. The van der Waals surface area contributed by atoms with Crippen LogP contribution in [-0.2, 0) is 6.42 Å². The summed E-state index contributed by atoms with van der Waals surface area (Å²) in [6, 6.07) is 17.1. The van der Waals surface area contributed by atoms with Crippen LogP contribution in [0.4, 0.5) is 0 Å². The van der Waals surface area contributed by atoms with E-state index in [1.54, 1.807) is 23.5 Å². The lowest BCUT2D eigenvalue weighted by Crippen LogP contribution is -2.02. The first-order valence-corrected chi connectivity index (χ1v) is 9.79. The van der Waals surface area contributed by atoms with Gasteiger partial charge in [-0.15, -0.1) is 23.5 Å².